The van der Waals surface area contributed by atoms with Gasteiger partial charge in [0.1, 0.15) is 0 Å². The van der Waals surface area contributed by atoms with Crippen LogP contribution in [0.15, 0.2) is 54.9 Å². The fourth-order valence-electron chi connectivity index (χ4n) is 3.19. The number of anilines is 2. The quantitative estimate of drug-likeness (QED) is 0.602. The van der Waals surface area contributed by atoms with E-state index >= 15 is 0 Å². The Morgan fingerprint density at radius 3 is 2.64 bits per heavy atom. The number of carbonyl (C=O) groups is 1. The molecule has 124 valence electrons. The van der Waals surface area contributed by atoms with Crippen molar-refractivity contribution in [1.29, 1.82) is 0 Å². The first-order chi connectivity index (χ1) is 12.2. The van der Waals surface area contributed by atoms with Crippen molar-refractivity contribution in [3.05, 3.63) is 60.6 Å². The van der Waals surface area contributed by atoms with Gasteiger partial charge in [-0.25, -0.2) is 9.97 Å². The number of carbonyl (C=O) groups excluding carboxylic acids is 1. The molecule has 0 radical (unpaired) electrons. The number of aryl methyl sites for hydroxylation is 1. The zero-order chi connectivity index (χ0) is 17.4. The lowest BCUT2D eigenvalue weighted by Gasteiger charge is -2.07. The third-order valence-electron chi connectivity index (χ3n) is 4.29. The fourth-order valence-corrected chi connectivity index (χ4v) is 3.19. The molecule has 3 N–H and O–H groups in total. The first-order valence-electron chi connectivity index (χ1n) is 8.08. The van der Waals surface area contributed by atoms with Gasteiger partial charge in [0.05, 0.1) is 0 Å². The van der Waals surface area contributed by atoms with Gasteiger partial charge in [0, 0.05) is 46.4 Å². The minimum atomic E-state index is -0.371. The molecule has 0 bridgehead atoms. The van der Waals surface area contributed by atoms with Crippen LogP contribution < -0.4 is 11.1 Å². The largest absolute Gasteiger partial charge is 0.382 e. The van der Waals surface area contributed by atoms with Gasteiger partial charge < -0.3 is 15.6 Å². The maximum absolute atomic E-state index is 12.4. The Morgan fingerprint density at radius 2 is 1.84 bits per heavy atom. The van der Waals surface area contributed by atoms with Crippen LogP contribution in [-0.2, 0) is 6.54 Å². The highest BCUT2D eigenvalue weighted by molar-refractivity contribution is 6.11. The van der Waals surface area contributed by atoms with E-state index in [4.69, 9.17) is 5.73 Å². The second-order valence-electron chi connectivity index (χ2n) is 5.74. The Kier molecular flexibility index (Phi) is 3.57. The number of fused-ring (bicyclic) bond motifs is 3. The number of hydrogen-bond acceptors (Lipinski definition) is 4. The van der Waals surface area contributed by atoms with E-state index < -0.39 is 0 Å². The Balaban J connectivity index is 1.78. The normalized spacial score (nSPS) is 11.1. The number of amides is 1. The highest BCUT2D eigenvalue weighted by Crippen LogP contribution is 2.31. The van der Waals surface area contributed by atoms with Crippen LogP contribution in [0.2, 0.25) is 0 Å². The summed E-state index contributed by atoms with van der Waals surface area (Å²) in [5, 5.41) is 5.11. The van der Waals surface area contributed by atoms with Crippen molar-refractivity contribution < 1.29 is 4.79 Å². The summed E-state index contributed by atoms with van der Waals surface area (Å²) in [7, 11) is 0. The summed E-state index contributed by atoms with van der Waals surface area (Å²) in [5.41, 5.74) is 8.86. The number of nitrogen functional groups attached to an aromatic ring is 1. The van der Waals surface area contributed by atoms with Gasteiger partial charge in [-0.2, -0.15) is 0 Å². The van der Waals surface area contributed by atoms with E-state index in [1.54, 1.807) is 0 Å². The molecule has 4 rings (SSSR count). The summed E-state index contributed by atoms with van der Waals surface area (Å²) in [6, 6.07) is 14.1. The maximum Gasteiger partial charge on any atom is 0.278 e. The van der Waals surface area contributed by atoms with Crippen molar-refractivity contribution in [2.24, 2.45) is 0 Å². The van der Waals surface area contributed by atoms with Gasteiger partial charge >= 0.3 is 0 Å². The van der Waals surface area contributed by atoms with Crippen LogP contribution in [0.5, 0.6) is 0 Å². The van der Waals surface area contributed by atoms with E-state index in [1.165, 1.54) is 17.9 Å². The van der Waals surface area contributed by atoms with Gasteiger partial charge in [-0.15, -0.1) is 0 Å². The summed E-state index contributed by atoms with van der Waals surface area (Å²) in [5.74, 6) is -0.257. The second kappa shape index (κ2) is 5.90. The average Bonchev–Trinajstić information content (AvgIpc) is 2.95. The van der Waals surface area contributed by atoms with Gasteiger partial charge in [0.15, 0.2) is 11.5 Å². The number of benzene rings is 2. The van der Waals surface area contributed by atoms with Crippen LogP contribution in [-0.4, -0.2) is 20.4 Å². The van der Waals surface area contributed by atoms with E-state index in [2.05, 4.69) is 38.9 Å². The fraction of sp³-hybridized carbons (Fsp3) is 0.105. The zero-order valence-corrected chi connectivity index (χ0v) is 13.7. The number of nitrogens with zero attached hydrogens (tertiary/aromatic N) is 3. The van der Waals surface area contributed by atoms with Crippen LogP contribution >= 0.6 is 0 Å². The van der Waals surface area contributed by atoms with Crippen LogP contribution in [0, 0.1) is 0 Å². The van der Waals surface area contributed by atoms with Gasteiger partial charge in [-0.1, -0.05) is 18.2 Å². The monoisotopic (exact) mass is 331 g/mol. The molecule has 0 saturated heterocycles. The maximum atomic E-state index is 12.4. The van der Waals surface area contributed by atoms with Crippen molar-refractivity contribution in [1.82, 2.24) is 14.5 Å². The van der Waals surface area contributed by atoms with E-state index in [0.29, 0.717) is 5.69 Å². The predicted octanol–water partition coefficient (Wildman–Crippen LogP) is 3.44. The SMILES string of the molecule is CCn1c2ccccc2c2cc(NC(=O)c3nccnc3N)ccc21. The highest BCUT2D eigenvalue weighted by atomic mass is 16.1. The Bertz CT molecular complexity index is 1100. The third-order valence-corrected chi connectivity index (χ3v) is 4.29. The third kappa shape index (κ3) is 2.48. The summed E-state index contributed by atoms with van der Waals surface area (Å²) < 4.78 is 2.26. The number of aromatic nitrogens is 3. The lowest BCUT2D eigenvalue weighted by molar-refractivity contribution is 0.102. The number of nitrogens with two attached hydrogens (primary N) is 1. The van der Waals surface area contributed by atoms with E-state index in [0.717, 1.165) is 22.8 Å². The summed E-state index contributed by atoms with van der Waals surface area (Å²) in [4.78, 5) is 20.3. The highest BCUT2D eigenvalue weighted by Gasteiger charge is 2.14. The molecule has 1 amide bonds. The van der Waals surface area contributed by atoms with Crippen LogP contribution in [0.3, 0.4) is 0 Å². The molecule has 2 aromatic carbocycles. The lowest BCUT2D eigenvalue weighted by atomic mass is 10.1. The summed E-state index contributed by atoms with van der Waals surface area (Å²) in [6.07, 6.45) is 2.90. The van der Waals surface area contributed by atoms with Crippen molar-refractivity contribution in [2.45, 2.75) is 13.5 Å². The van der Waals surface area contributed by atoms with Crippen LogP contribution in [0.1, 0.15) is 17.4 Å². The van der Waals surface area contributed by atoms with Gasteiger partial charge in [-0.05, 0) is 31.2 Å². The number of nitrogens with one attached hydrogen (secondary N) is 1. The molecular weight excluding hydrogens is 314 g/mol. The molecule has 0 atom stereocenters. The molecule has 4 aromatic rings. The molecule has 0 spiro atoms. The minimum Gasteiger partial charge on any atom is -0.382 e. The first-order valence-corrected chi connectivity index (χ1v) is 8.08. The zero-order valence-electron chi connectivity index (χ0n) is 13.7. The molecule has 0 aliphatic rings. The van der Waals surface area contributed by atoms with Crippen molar-refractivity contribution in [2.75, 3.05) is 11.1 Å². The topological polar surface area (TPSA) is 85.8 Å². The molecule has 2 aromatic heterocycles. The standard InChI is InChI=1S/C19H17N5O/c1-2-24-15-6-4-3-5-13(15)14-11-12(7-8-16(14)24)23-19(25)17-18(20)22-10-9-21-17/h3-11H,2H2,1H3,(H2,20,22)(H,23,25). The van der Waals surface area contributed by atoms with Gasteiger partial charge in [0.25, 0.3) is 5.91 Å². The van der Waals surface area contributed by atoms with E-state index in [-0.39, 0.29) is 17.4 Å². The molecule has 6 heteroatoms. The summed E-state index contributed by atoms with van der Waals surface area (Å²) >= 11 is 0. The number of rotatable bonds is 3. The Labute approximate surface area is 144 Å². The van der Waals surface area contributed by atoms with Gasteiger partial charge in [-0.3, -0.25) is 4.79 Å². The van der Waals surface area contributed by atoms with Crippen LogP contribution in [0.4, 0.5) is 11.5 Å². The van der Waals surface area contributed by atoms with Crippen molar-refractivity contribution >= 4 is 39.2 Å². The second-order valence-corrected chi connectivity index (χ2v) is 5.74. The minimum absolute atomic E-state index is 0.115. The molecular formula is C19H17N5O. The molecule has 0 aliphatic carbocycles. The predicted molar refractivity (Wildman–Crippen MR) is 99.5 cm³/mol. The average molecular weight is 331 g/mol. The van der Waals surface area contributed by atoms with Crippen molar-refractivity contribution in [3.63, 3.8) is 0 Å². The molecule has 0 aliphatic heterocycles. The first kappa shape index (κ1) is 15.1. The molecule has 0 unspecified atom stereocenters. The smallest absolute Gasteiger partial charge is 0.278 e. The van der Waals surface area contributed by atoms with Crippen molar-refractivity contribution in [3.8, 4) is 0 Å². The molecule has 0 saturated carbocycles. The van der Waals surface area contributed by atoms with Gasteiger partial charge in [0.2, 0.25) is 0 Å². The summed E-state index contributed by atoms with van der Waals surface area (Å²) in [6.45, 7) is 3.00. The number of hydrogen-bond donors (Lipinski definition) is 2. The van der Waals surface area contributed by atoms with E-state index in [9.17, 15) is 4.79 Å². The number of para-hydroxylation sites is 1. The molecule has 2 heterocycles. The Hall–Kier alpha value is -3.41. The Morgan fingerprint density at radius 1 is 1.08 bits per heavy atom. The van der Waals surface area contributed by atoms with E-state index in [1.807, 2.05) is 30.3 Å². The molecule has 0 fully saturated rings. The van der Waals surface area contributed by atoms with Crippen LogP contribution in [0.25, 0.3) is 21.8 Å². The molecule has 6 nitrogen and oxygen atoms in total. The molecule has 25 heavy (non-hydrogen) atoms. The lowest BCUT2D eigenvalue weighted by Crippen LogP contribution is -2.16.